The zero-order valence-electron chi connectivity index (χ0n) is 10.2. The molecule has 6 heteroatoms. The maximum absolute atomic E-state index is 13.7. The maximum atomic E-state index is 13.7. The number of esters is 1. The summed E-state index contributed by atoms with van der Waals surface area (Å²) in [5, 5.41) is 0. The van der Waals surface area contributed by atoms with E-state index >= 15 is 0 Å². The van der Waals surface area contributed by atoms with E-state index in [1.165, 1.54) is 13.0 Å². The summed E-state index contributed by atoms with van der Waals surface area (Å²) in [5.74, 6) is -3.82. The number of carbonyl (C=O) groups is 2. The van der Waals surface area contributed by atoms with Crippen molar-refractivity contribution >= 4 is 11.8 Å². The molecule has 0 radical (unpaired) electrons. The molecule has 0 fully saturated rings. The molecule has 1 aliphatic heterocycles. The largest absolute Gasteiger partial charge is 0.467 e. The molecule has 1 atom stereocenters. The second kappa shape index (κ2) is 4.46. The SMILES string of the molecule is COC(=O)C1=CC(=O)C(C)(c2c(F)cccc2F)O1. The van der Waals surface area contributed by atoms with Crippen molar-refractivity contribution in [2.24, 2.45) is 0 Å². The Labute approximate surface area is 107 Å². The summed E-state index contributed by atoms with van der Waals surface area (Å²) < 4.78 is 37.0. The Balaban J connectivity index is 2.47. The van der Waals surface area contributed by atoms with Gasteiger partial charge in [0.1, 0.15) is 11.6 Å². The van der Waals surface area contributed by atoms with Crippen LogP contribution in [0.3, 0.4) is 0 Å². The standard InChI is InChI=1S/C13H10F2O4/c1-13(11-7(14)4-3-5-8(11)15)10(16)6-9(19-13)12(17)18-2/h3-6H,1-2H3. The highest BCUT2D eigenvalue weighted by atomic mass is 19.1. The molecule has 0 aliphatic carbocycles. The third-order valence-corrected chi connectivity index (χ3v) is 2.87. The summed E-state index contributed by atoms with van der Waals surface area (Å²) >= 11 is 0. The minimum Gasteiger partial charge on any atom is -0.467 e. The first-order valence-corrected chi connectivity index (χ1v) is 5.38. The van der Waals surface area contributed by atoms with E-state index in [4.69, 9.17) is 4.74 Å². The van der Waals surface area contributed by atoms with E-state index in [1.54, 1.807) is 0 Å². The summed E-state index contributed by atoms with van der Waals surface area (Å²) in [6, 6.07) is 3.19. The second-order valence-corrected chi connectivity index (χ2v) is 4.10. The fraction of sp³-hybridized carbons (Fsp3) is 0.231. The molecule has 0 saturated carbocycles. The smallest absolute Gasteiger partial charge is 0.373 e. The van der Waals surface area contributed by atoms with E-state index in [9.17, 15) is 18.4 Å². The third-order valence-electron chi connectivity index (χ3n) is 2.87. The number of hydrogen-bond donors (Lipinski definition) is 0. The van der Waals surface area contributed by atoms with Crippen molar-refractivity contribution in [1.82, 2.24) is 0 Å². The lowest BCUT2D eigenvalue weighted by Crippen LogP contribution is -2.32. The van der Waals surface area contributed by atoms with E-state index in [2.05, 4.69) is 4.74 Å². The van der Waals surface area contributed by atoms with Crippen molar-refractivity contribution in [3.63, 3.8) is 0 Å². The molecular weight excluding hydrogens is 258 g/mol. The molecule has 4 nitrogen and oxygen atoms in total. The first kappa shape index (κ1) is 13.2. The lowest BCUT2D eigenvalue weighted by atomic mass is 9.91. The Kier molecular flexibility index (Phi) is 3.09. The molecule has 0 spiro atoms. The fourth-order valence-electron chi connectivity index (χ4n) is 1.89. The molecule has 1 aliphatic rings. The normalized spacial score (nSPS) is 21.9. The van der Waals surface area contributed by atoms with Gasteiger partial charge >= 0.3 is 5.97 Å². The summed E-state index contributed by atoms with van der Waals surface area (Å²) in [4.78, 5) is 23.2. The van der Waals surface area contributed by atoms with Gasteiger partial charge in [-0.25, -0.2) is 13.6 Å². The van der Waals surface area contributed by atoms with Crippen LogP contribution in [-0.2, 0) is 24.7 Å². The molecule has 0 aromatic heterocycles. The zero-order chi connectivity index (χ0) is 14.2. The molecule has 1 heterocycles. The number of ketones is 1. The van der Waals surface area contributed by atoms with Gasteiger partial charge in [-0.15, -0.1) is 0 Å². The van der Waals surface area contributed by atoms with Crippen LogP contribution in [0.2, 0.25) is 0 Å². The van der Waals surface area contributed by atoms with Crippen molar-refractivity contribution in [3.05, 3.63) is 47.2 Å². The van der Waals surface area contributed by atoms with Crippen LogP contribution in [0.1, 0.15) is 12.5 Å². The minimum atomic E-state index is -1.90. The highest BCUT2D eigenvalue weighted by Crippen LogP contribution is 2.37. The van der Waals surface area contributed by atoms with E-state index < -0.39 is 34.6 Å². The first-order valence-electron chi connectivity index (χ1n) is 5.38. The second-order valence-electron chi connectivity index (χ2n) is 4.10. The van der Waals surface area contributed by atoms with Crippen molar-refractivity contribution in [2.75, 3.05) is 7.11 Å². The lowest BCUT2D eigenvalue weighted by Gasteiger charge is -2.24. The van der Waals surface area contributed by atoms with Crippen molar-refractivity contribution in [3.8, 4) is 0 Å². The summed E-state index contributed by atoms with van der Waals surface area (Å²) in [5.41, 5.74) is -2.44. The number of carbonyl (C=O) groups excluding carboxylic acids is 2. The van der Waals surface area contributed by atoms with Crippen LogP contribution < -0.4 is 0 Å². The number of benzene rings is 1. The number of rotatable bonds is 2. The maximum Gasteiger partial charge on any atom is 0.373 e. The molecule has 2 rings (SSSR count). The molecule has 1 aromatic rings. The molecule has 1 aromatic carbocycles. The summed E-state index contributed by atoms with van der Waals surface area (Å²) in [6.45, 7) is 1.20. The highest BCUT2D eigenvalue weighted by molar-refractivity contribution is 6.06. The van der Waals surface area contributed by atoms with Crippen molar-refractivity contribution < 1.29 is 27.8 Å². The van der Waals surface area contributed by atoms with Gasteiger partial charge in [-0.3, -0.25) is 4.79 Å². The molecular formula is C13H10F2O4. The van der Waals surface area contributed by atoms with Crippen molar-refractivity contribution in [1.29, 1.82) is 0 Å². The van der Waals surface area contributed by atoms with Crippen LogP contribution in [-0.4, -0.2) is 18.9 Å². The average molecular weight is 268 g/mol. The van der Waals surface area contributed by atoms with Gasteiger partial charge < -0.3 is 9.47 Å². The number of halogens is 2. The van der Waals surface area contributed by atoms with Gasteiger partial charge in [0.15, 0.2) is 5.60 Å². The highest BCUT2D eigenvalue weighted by Gasteiger charge is 2.47. The van der Waals surface area contributed by atoms with Gasteiger partial charge in [0.05, 0.1) is 12.7 Å². The molecule has 0 bridgehead atoms. The molecule has 19 heavy (non-hydrogen) atoms. The number of methoxy groups -OCH3 is 1. The van der Waals surface area contributed by atoms with Crippen LogP contribution in [0.25, 0.3) is 0 Å². The average Bonchev–Trinajstić information content (AvgIpc) is 2.65. The van der Waals surface area contributed by atoms with Crippen LogP contribution in [0.15, 0.2) is 30.0 Å². The van der Waals surface area contributed by atoms with Gasteiger partial charge in [-0.1, -0.05) is 6.07 Å². The fourth-order valence-corrected chi connectivity index (χ4v) is 1.89. The minimum absolute atomic E-state index is 0.377. The lowest BCUT2D eigenvalue weighted by molar-refractivity contribution is -0.144. The Hall–Kier alpha value is -2.24. The van der Waals surface area contributed by atoms with Crippen molar-refractivity contribution in [2.45, 2.75) is 12.5 Å². The van der Waals surface area contributed by atoms with Gasteiger partial charge in [0.2, 0.25) is 11.5 Å². The van der Waals surface area contributed by atoms with Crippen LogP contribution in [0, 0.1) is 11.6 Å². The third kappa shape index (κ3) is 1.99. The van der Waals surface area contributed by atoms with E-state index in [-0.39, 0.29) is 5.76 Å². The van der Waals surface area contributed by atoms with Gasteiger partial charge in [0.25, 0.3) is 0 Å². The van der Waals surface area contributed by atoms with Gasteiger partial charge in [-0.2, -0.15) is 0 Å². The first-order chi connectivity index (χ1) is 8.90. The predicted octanol–water partition coefficient (Wildman–Crippen LogP) is 1.84. The Morgan fingerprint density at radius 2 is 1.89 bits per heavy atom. The molecule has 1 unspecified atom stereocenters. The zero-order valence-corrected chi connectivity index (χ0v) is 10.2. The number of ether oxygens (including phenoxy) is 2. The molecule has 0 amide bonds. The van der Waals surface area contributed by atoms with Gasteiger partial charge in [0, 0.05) is 6.08 Å². The summed E-state index contributed by atoms with van der Waals surface area (Å²) in [6.07, 6.45) is 0.873. The molecule has 100 valence electrons. The molecule has 0 N–H and O–H groups in total. The topological polar surface area (TPSA) is 52.6 Å². The van der Waals surface area contributed by atoms with Crippen LogP contribution in [0.4, 0.5) is 8.78 Å². The molecule has 0 saturated heterocycles. The number of hydrogen-bond acceptors (Lipinski definition) is 4. The summed E-state index contributed by atoms with van der Waals surface area (Å²) in [7, 11) is 1.11. The Morgan fingerprint density at radius 3 is 2.42 bits per heavy atom. The van der Waals surface area contributed by atoms with E-state index in [0.717, 1.165) is 25.3 Å². The monoisotopic (exact) mass is 268 g/mol. The van der Waals surface area contributed by atoms with Gasteiger partial charge in [-0.05, 0) is 19.1 Å². The van der Waals surface area contributed by atoms with E-state index in [0.29, 0.717) is 0 Å². The Bertz CT molecular complexity index is 574. The van der Waals surface area contributed by atoms with Crippen LogP contribution >= 0.6 is 0 Å². The Morgan fingerprint density at radius 1 is 1.32 bits per heavy atom. The quantitative estimate of drug-likeness (QED) is 0.768. The predicted molar refractivity (Wildman–Crippen MR) is 59.9 cm³/mol. The van der Waals surface area contributed by atoms with Crippen LogP contribution in [0.5, 0.6) is 0 Å². The van der Waals surface area contributed by atoms with E-state index in [1.807, 2.05) is 0 Å².